The first-order chi connectivity index (χ1) is 9.76. The van der Waals surface area contributed by atoms with Crippen molar-refractivity contribution in [2.24, 2.45) is 0 Å². The van der Waals surface area contributed by atoms with Gasteiger partial charge in [-0.15, -0.1) is 0 Å². The molecule has 1 aliphatic heterocycles. The Hall–Kier alpha value is -1.03. The first kappa shape index (κ1) is 16.3. The minimum atomic E-state index is -0.422. The number of carbonyl (C=O) groups is 1. The van der Waals surface area contributed by atoms with Gasteiger partial charge in [0.15, 0.2) is 0 Å². The molecule has 0 spiro atoms. The van der Waals surface area contributed by atoms with Crippen LogP contribution in [0.4, 0.5) is 4.79 Å². The molecule has 1 fully saturated rings. The van der Waals surface area contributed by atoms with Crippen molar-refractivity contribution in [2.45, 2.75) is 52.1 Å². The molecule has 4 heteroatoms. The molecule has 0 atom stereocenters. The number of carbonyl (C=O) groups excluding carboxylic acids is 1. The number of halogens is 1. The van der Waals surface area contributed by atoms with E-state index in [2.05, 4.69) is 41.1 Å². The van der Waals surface area contributed by atoms with Gasteiger partial charge in [0.25, 0.3) is 0 Å². The van der Waals surface area contributed by atoms with Gasteiger partial charge in [0.05, 0.1) is 0 Å². The molecular weight excluding hydrogens is 330 g/mol. The van der Waals surface area contributed by atoms with Crippen LogP contribution in [0, 0.1) is 6.92 Å². The second kappa shape index (κ2) is 6.39. The van der Waals surface area contributed by atoms with Gasteiger partial charge in [-0.05, 0) is 69.7 Å². The van der Waals surface area contributed by atoms with Crippen molar-refractivity contribution in [3.63, 3.8) is 0 Å². The number of amides is 1. The normalized spacial score (nSPS) is 16.9. The van der Waals surface area contributed by atoms with E-state index in [-0.39, 0.29) is 6.09 Å². The molecule has 1 amide bonds. The van der Waals surface area contributed by atoms with Crippen molar-refractivity contribution in [1.29, 1.82) is 0 Å². The van der Waals surface area contributed by atoms with Crippen LogP contribution in [0.15, 0.2) is 22.7 Å². The molecule has 0 bridgehead atoms. The lowest BCUT2D eigenvalue weighted by Gasteiger charge is -2.34. The Balaban J connectivity index is 1.97. The van der Waals surface area contributed by atoms with Crippen LogP contribution in [-0.2, 0) is 4.74 Å². The van der Waals surface area contributed by atoms with E-state index in [9.17, 15) is 4.79 Å². The minimum Gasteiger partial charge on any atom is -0.444 e. The number of rotatable bonds is 1. The van der Waals surface area contributed by atoms with Gasteiger partial charge in [0.1, 0.15) is 5.60 Å². The summed E-state index contributed by atoms with van der Waals surface area (Å²) in [5.74, 6) is 0.529. The van der Waals surface area contributed by atoms with Gasteiger partial charge in [-0.2, -0.15) is 0 Å². The highest BCUT2D eigenvalue weighted by Crippen LogP contribution is 2.32. The third kappa shape index (κ3) is 4.47. The molecule has 0 aliphatic carbocycles. The molecule has 0 N–H and O–H groups in total. The summed E-state index contributed by atoms with van der Waals surface area (Å²) in [6.45, 7) is 9.41. The molecular formula is C17H24BrNO2. The predicted octanol–water partition coefficient (Wildman–Crippen LogP) is 4.87. The molecule has 1 aromatic carbocycles. The first-order valence-corrected chi connectivity index (χ1v) is 8.29. The fourth-order valence-electron chi connectivity index (χ4n) is 2.75. The van der Waals surface area contributed by atoms with Crippen molar-refractivity contribution < 1.29 is 9.53 Å². The molecule has 0 unspecified atom stereocenters. The Kier molecular flexibility index (Phi) is 4.97. The topological polar surface area (TPSA) is 29.5 Å². The van der Waals surface area contributed by atoms with E-state index < -0.39 is 5.60 Å². The fraction of sp³-hybridized carbons (Fsp3) is 0.588. The fourth-order valence-corrected chi connectivity index (χ4v) is 3.13. The lowest BCUT2D eigenvalue weighted by molar-refractivity contribution is 0.0205. The Morgan fingerprint density at radius 3 is 2.48 bits per heavy atom. The van der Waals surface area contributed by atoms with Crippen LogP contribution in [-0.4, -0.2) is 29.7 Å². The Labute approximate surface area is 135 Å². The third-order valence-electron chi connectivity index (χ3n) is 3.83. The number of hydrogen-bond donors (Lipinski definition) is 0. The number of benzene rings is 1. The molecule has 1 heterocycles. The summed E-state index contributed by atoms with van der Waals surface area (Å²) in [5.41, 5.74) is 2.30. The molecule has 2 rings (SSSR count). The zero-order chi connectivity index (χ0) is 15.6. The van der Waals surface area contributed by atoms with E-state index >= 15 is 0 Å². The van der Waals surface area contributed by atoms with Crippen molar-refractivity contribution in [1.82, 2.24) is 4.90 Å². The largest absolute Gasteiger partial charge is 0.444 e. The van der Waals surface area contributed by atoms with E-state index in [0.29, 0.717) is 5.92 Å². The zero-order valence-corrected chi connectivity index (χ0v) is 14.9. The Morgan fingerprint density at radius 1 is 1.29 bits per heavy atom. The molecule has 1 aromatic rings. The predicted molar refractivity (Wildman–Crippen MR) is 88.7 cm³/mol. The quantitative estimate of drug-likeness (QED) is 0.720. The van der Waals surface area contributed by atoms with Gasteiger partial charge in [-0.25, -0.2) is 4.79 Å². The number of aryl methyl sites for hydroxylation is 1. The van der Waals surface area contributed by atoms with E-state index in [1.54, 1.807) is 0 Å². The van der Waals surface area contributed by atoms with E-state index in [1.807, 2.05) is 25.7 Å². The monoisotopic (exact) mass is 353 g/mol. The number of hydrogen-bond acceptors (Lipinski definition) is 2. The maximum absolute atomic E-state index is 12.1. The highest BCUT2D eigenvalue weighted by atomic mass is 79.9. The number of nitrogens with zero attached hydrogens (tertiary/aromatic N) is 1. The van der Waals surface area contributed by atoms with Gasteiger partial charge in [0.2, 0.25) is 0 Å². The van der Waals surface area contributed by atoms with E-state index in [1.165, 1.54) is 11.1 Å². The zero-order valence-electron chi connectivity index (χ0n) is 13.3. The van der Waals surface area contributed by atoms with Gasteiger partial charge in [-0.3, -0.25) is 0 Å². The van der Waals surface area contributed by atoms with Crippen LogP contribution in [0.5, 0.6) is 0 Å². The maximum Gasteiger partial charge on any atom is 0.410 e. The summed E-state index contributed by atoms with van der Waals surface area (Å²) in [6.07, 6.45) is 1.81. The average Bonchev–Trinajstić information content (AvgIpc) is 2.40. The smallest absolute Gasteiger partial charge is 0.410 e. The van der Waals surface area contributed by atoms with Gasteiger partial charge >= 0.3 is 6.09 Å². The van der Waals surface area contributed by atoms with Crippen LogP contribution >= 0.6 is 15.9 Å². The minimum absolute atomic E-state index is 0.188. The number of likely N-dealkylation sites (tertiary alicyclic amines) is 1. The second-order valence-corrected chi connectivity index (χ2v) is 7.66. The number of ether oxygens (including phenoxy) is 1. The highest BCUT2D eigenvalue weighted by molar-refractivity contribution is 9.10. The van der Waals surface area contributed by atoms with Crippen molar-refractivity contribution in [3.8, 4) is 0 Å². The lowest BCUT2D eigenvalue weighted by Crippen LogP contribution is -2.41. The molecule has 3 nitrogen and oxygen atoms in total. The summed E-state index contributed by atoms with van der Waals surface area (Å²) >= 11 is 3.55. The van der Waals surface area contributed by atoms with Gasteiger partial charge in [-0.1, -0.05) is 22.0 Å². The molecule has 21 heavy (non-hydrogen) atoms. The average molecular weight is 354 g/mol. The Morgan fingerprint density at radius 2 is 1.90 bits per heavy atom. The third-order valence-corrected chi connectivity index (χ3v) is 4.32. The Bertz CT molecular complexity index is 514. The van der Waals surface area contributed by atoms with Crippen LogP contribution in [0.3, 0.4) is 0 Å². The van der Waals surface area contributed by atoms with Crippen LogP contribution in [0.25, 0.3) is 0 Å². The summed E-state index contributed by atoms with van der Waals surface area (Å²) < 4.78 is 6.56. The maximum atomic E-state index is 12.1. The molecule has 0 aromatic heterocycles. The first-order valence-electron chi connectivity index (χ1n) is 7.50. The van der Waals surface area contributed by atoms with Crippen LogP contribution < -0.4 is 0 Å². The standard InChI is InChI=1S/C17H24BrNO2/c1-12-5-6-14(18)11-15(12)13-7-9-19(10-8-13)16(20)21-17(2,3)4/h5-6,11,13H,7-10H2,1-4H3. The van der Waals surface area contributed by atoms with Gasteiger partial charge in [0, 0.05) is 17.6 Å². The molecule has 1 saturated heterocycles. The van der Waals surface area contributed by atoms with E-state index in [0.717, 1.165) is 30.4 Å². The van der Waals surface area contributed by atoms with Crippen LogP contribution in [0.1, 0.15) is 50.7 Å². The van der Waals surface area contributed by atoms with E-state index in [4.69, 9.17) is 4.74 Å². The number of piperidine rings is 1. The van der Waals surface area contributed by atoms with Crippen LogP contribution in [0.2, 0.25) is 0 Å². The summed E-state index contributed by atoms with van der Waals surface area (Å²) in [5, 5.41) is 0. The second-order valence-electron chi connectivity index (χ2n) is 6.74. The molecule has 0 saturated carbocycles. The lowest BCUT2D eigenvalue weighted by atomic mass is 9.87. The van der Waals surface area contributed by atoms with Gasteiger partial charge < -0.3 is 9.64 Å². The van der Waals surface area contributed by atoms with Crippen molar-refractivity contribution >= 4 is 22.0 Å². The van der Waals surface area contributed by atoms with Crippen molar-refractivity contribution in [2.75, 3.05) is 13.1 Å². The SMILES string of the molecule is Cc1ccc(Br)cc1C1CCN(C(=O)OC(C)(C)C)CC1. The molecule has 0 radical (unpaired) electrons. The van der Waals surface area contributed by atoms with Crippen molar-refractivity contribution in [3.05, 3.63) is 33.8 Å². The molecule has 1 aliphatic rings. The molecule has 116 valence electrons. The summed E-state index contributed by atoms with van der Waals surface area (Å²) in [7, 11) is 0. The highest BCUT2D eigenvalue weighted by Gasteiger charge is 2.27. The summed E-state index contributed by atoms with van der Waals surface area (Å²) in [6, 6.07) is 6.44. The summed E-state index contributed by atoms with van der Waals surface area (Å²) in [4.78, 5) is 13.9.